The summed E-state index contributed by atoms with van der Waals surface area (Å²) >= 11 is 0. The largest absolute Gasteiger partial charge is 0.494 e. The molecule has 15 heavy (non-hydrogen) atoms. The van der Waals surface area contributed by atoms with Crippen LogP contribution in [-0.2, 0) is 0 Å². The number of methoxy groups -OCH3 is 1. The molecule has 1 heterocycles. The number of Topliss-reactive ketones (excluding diaryl/α,β-unsaturated/α-hetero) is 1. The first-order valence-electron chi connectivity index (χ1n) is 5.36. The van der Waals surface area contributed by atoms with Gasteiger partial charge in [0.2, 0.25) is 0 Å². The summed E-state index contributed by atoms with van der Waals surface area (Å²) in [5, 5.41) is 0. The Morgan fingerprint density at radius 2 is 2.20 bits per heavy atom. The zero-order valence-corrected chi connectivity index (χ0v) is 8.90. The second-order valence-corrected chi connectivity index (χ2v) is 3.90. The predicted molar refractivity (Wildman–Crippen MR) is 57.1 cm³/mol. The van der Waals surface area contributed by atoms with E-state index in [1.165, 1.54) is 0 Å². The van der Waals surface area contributed by atoms with Crippen LogP contribution >= 0.6 is 0 Å². The summed E-state index contributed by atoms with van der Waals surface area (Å²) in [5.74, 6) is 0.896. The van der Waals surface area contributed by atoms with Crippen molar-refractivity contribution in [3.8, 4) is 5.75 Å². The van der Waals surface area contributed by atoms with Gasteiger partial charge in [0, 0.05) is 12.1 Å². The molecule has 2 rings (SSSR count). The van der Waals surface area contributed by atoms with E-state index in [1.54, 1.807) is 25.4 Å². The zero-order valence-electron chi connectivity index (χ0n) is 8.90. The Bertz CT molecular complexity index is 356. The number of carbonyl (C=O) groups excluding carboxylic acids is 1. The maximum Gasteiger partial charge on any atom is 0.188 e. The van der Waals surface area contributed by atoms with Crippen LogP contribution in [0.2, 0.25) is 0 Å². The summed E-state index contributed by atoms with van der Waals surface area (Å²) in [4.78, 5) is 16.2. The van der Waals surface area contributed by atoms with E-state index in [1.807, 2.05) is 0 Å². The van der Waals surface area contributed by atoms with Crippen molar-refractivity contribution in [3.63, 3.8) is 0 Å². The maximum atomic E-state index is 12.1. The van der Waals surface area contributed by atoms with Crippen molar-refractivity contribution in [1.82, 2.24) is 4.98 Å². The van der Waals surface area contributed by atoms with Gasteiger partial charge < -0.3 is 4.74 Å². The first-order valence-corrected chi connectivity index (χ1v) is 5.36. The fourth-order valence-corrected chi connectivity index (χ4v) is 2.12. The van der Waals surface area contributed by atoms with E-state index in [9.17, 15) is 4.79 Å². The number of hydrogen-bond donors (Lipinski definition) is 0. The lowest BCUT2D eigenvalue weighted by Gasteiger charge is -2.10. The van der Waals surface area contributed by atoms with Crippen molar-refractivity contribution < 1.29 is 9.53 Å². The Hall–Kier alpha value is -1.38. The second-order valence-electron chi connectivity index (χ2n) is 3.90. The van der Waals surface area contributed by atoms with Gasteiger partial charge in [-0.15, -0.1) is 0 Å². The van der Waals surface area contributed by atoms with Crippen LogP contribution < -0.4 is 4.74 Å². The summed E-state index contributed by atoms with van der Waals surface area (Å²) in [6.07, 6.45) is 5.96. The fourth-order valence-electron chi connectivity index (χ4n) is 2.12. The Kier molecular flexibility index (Phi) is 2.99. The molecule has 1 aliphatic rings. The Morgan fingerprint density at radius 3 is 2.87 bits per heavy atom. The highest BCUT2D eigenvalue weighted by molar-refractivity contribution is 5.98. The van der Waals surface area contributed by atoms with Crippen LogP contribution in [0.1, 0.15) is 36.2 Å². The Morgan fingerprint density at radius 1 is 1.47 bits per heavy atom. The van der Waals surface area contributed by atoms with Crippen LogP contribution in [-0.4, -0.2) is 17.9 Å². The molecule has 0 saturated heterocycles. The minimum absolute atomic E-state index is 0.143. The lowest BCUT2D eigenvalue weighted by molar-refractivity contribution is 0.0914. The number of ether oxygens (including phenoxy) is 1. The first-order chi connectivity index (χ1) is 7.33. The number of carbonyl (C=O) groups is 1. The van der Waals surface area contributed by atoms with Crippen molar-refractivity contribution in [2.75, 3.05) is 7.11 Å². The molecule has 0 unspecified atom stereocenters. The lowest BCUT2D eigenvalue weighted by atomic mass is 9.99. The van der Waals surface area contributed by atoms with Gasteiger partial charge in [0.25, 0.3) is 0 Å². The molecule has 0 atom stereocenters. The van der Waals surface area contributed by atoms with Gasteiger partial charge in [0.05, 0.1) is 7.11 Å². The van der Waals surface area contributed by atoms with Crippen molar-refractivity contribution in [1.29, 1.82) is 0 Å². The van der Waals surface area contributed by atoms with Crippen molar-refractivity contribution >= 4 is 5.78 Å². The van der Waals surface area contributed by atoms with E-state index in [2.05, 4.69) is 4.98 Å². The molecule has 3 nitrogen and oxygen atoms in total. The second kappa shape index (κ2) is 4.43. The summed E-state index contributed by atoms with van der Waals surface area (Å²) in [6, 6.07) is 3.57. The molecule has 1 aromatic heterocycles. The van der Waals surface area contributed by atoms with Gasteiger partial charge in [-0.3, -0.25) is 4.79 Å². The molecular formula is C12H15NO2. The molecule has 1 saturated carbocycles. The smallest absolute Gasteiger partial charge is 0.188 e. The van der Waals surface area contributed by atoms with Crippen molar-refractivity contribution in [3.05, 3.63) is 24.0 Å². The summed E-state index contributed by atoms with van der Waals surface area (Å²) in [6.45, 7) is 0. The van der Waals surface area contributed by atoms with Gasteiger partial charge in [-0.05, 0) is 25.0 Å². The highest BCUT2D eigenvalue weighted by Crippen LogP contribution is 2.29. The Labute approximate surface area is 89.5 Å². The maximum absolute atomic E-state index is 12.1. The van der Waals surface area contributed by atoms with E-state index >= 15 is 0 Å². The lowest BCUT2D eigenvalue weighted by Crippen LogP contribution is -2.13. The average molecular weight is 205 g/mol. The molecule has 0 aromatic carbocycles. The SMILES string of the molecule is COc1cccnc1C(=O)C1CCCC1. The number of nitrogens with zero attached hydrogens (tertiary/aromatic N) is 1. The third-order valence-electron chi connectivity index (χ3n) is 2.95. The van der Waals surface area contributed by atoms with Crippen molar-refractivity contribution in [2.24, 2.45) is 5.92 Å². The molecule has 0 spiro atoms. The quantitative estimate of drug-likeness (QED) is 0.711. The first kappa shape index (κ1) is 10.1. The monoisotopic (exact) mass is 205 g/mol. The topological polar surface area (TPSA) is 39.2 Å². The minimum Gasteiger partial charge on any atom is -0.494 e. The normalized spacial score (nSPS) is 16.6. The number of hydrogen-bond acceptors (Lipinski definition) is 3. The van der Waals surface area contributed by atoms with Crippen LogP contribution in [0.5, 0.6) is 5.75 Å². The molecule has 80 valence electrons. The van der Waals surface area contributed by atoms with E-state index in [-0.39, 0.29) is 11.7 Å². The highest BCUT2D eigenvalue weighted by atomic mass is 16.5. The van der Waals surface area contributed by atoms with Gasteiger partial charge >= 0.3 is 0 Å². The zero-order chi connectivity index (χ0) is 10.7. The predicted octanol–water partition coefficient (Wildman–Crippen LogP) is 2.46. The van der Waals surface area contributed by atoms with Crippen LogP contribution in [0.15, 0.2) is 18.3 Å². The van der Waals surface area contributed by atoms with E-state index < -0.39 is 0 Å². The van der Waals surface area contributed by atoms with Gasteiger partial charge in [-0.2, -0.15) is 0 Å². The van der Waals surface area contributed by atoms with E-state index in [0.717, 1.165) is 25.7 Å². The van der Waals surface area contributed by atoms with Crippen LogP contribution in [0.4, 0.5) is 0 Å². The van der Waals surface area contributed by atoms with Crippen LogP contribution in [0.3, 0.4) is 0 Å². The molecule has 0 aliphatic heterocycles. The van der Waals surface area contributed by atoms with Crippen LogP contribution in [0.25, 0.3) is 0 Å². The highest BCUT2D eigenvalue weighted by Gasteiger charge is 2.26. The summed E-state index contributed by atoms with van der Waals surface area (Å²) in [7, 11) is 1.57. The van der Waals surface area contributed by atoms with Gasteiger partial charge in [0.1, 0.15) is 11.4 Å². The third-order valence-corrected chi connectivity index (χ3v) is 2.95. The molecule has 1 fully saturated rings. The fraction of sp³-hybridized carbons (Fsp3) is 0.500. The molecule has 0 amide bonds. The number of aromatic nitrogens is 1. The van der Waals surface area contributed by atoms with Crippen LogP contribution in [0, 0.1) is 5.92 Å². The minimum atomic E-state index is 0.143. The number of rotatable bonds is 3. The molecule has 0 N–H and O–H groups in total. The van der Waals surface area contributed by atoms with E-state index in [4.69, 9.17) is 4.74 Å². The molecule has 0 bridgehead atoms. The number of ketones is 1. The Balaban J connectivity index is 2.24. The summed E-state index contributed by atoms with van der Waals surface area (Å²) in [5.41, 5.74) is 0.493. The number of pyridine rings is 1. The third kappa shape index (κ3) is 2.01. The van der Waals surface area contributed by atoms with Gasteiger partial charge in [0.15, 0.2) is 5.78 Å². The molecule has 0 radical (unpaired) electrons. The average Bonchev–Trinajstić information content (AvgIpc) is 2.81. The standard InChI is InChI=1S/C12H15NO2/c1-15-10-7-4-8-13-11(10)12(14)9-5-2-3-6-9/h4,7-9H,2-3,5-6H2,1H3. The summed E-state index contributed by atoms with van der Waals surface area (Å²) < 4.78 is 5.14. The molecule has 1 aromatic rings. The van der Waals surface area contributed by atoms with Crippen molar-refractivity contribution in [2.45, 2.75) is 25.7 Å². The van der Waals surface area contributed by atoms with Gasteiger partial charge in [-0.25, -0.2) is 4.98 Å². The molecule has 1 aliphatic carbocycles. The molecule has 3 heteroatoms. The van der Waals surface area contributed by atoms with Gasteiger partial charge in [-0.1, -0.05) is 12.8 Å². The molecular weight excluding hydrogens is 190 g/mol. The van der Waals surface area contributed by atoms with E-state index in [0.29, 0.717) is 11.4 Å².